The molecule has 0 fully saturated rings. The first-order valence-corrected chi connectivity index (χ1v) is 8.47. The molecule has 1 aromatic heterocycles. The van der Waals surface area contributed by atoms with Gasteiger partial charge in [0.15, 0.2) is 0 Å². The van der Waals surface area contributed by atoms with Crippen LogP contribution in [0.4, 0.5) is 0 Å². The Balaban J connectivity index is 1.70. The lowest BCUT2D eigenvalue weighted by atomic mass is 10.3. The molecule has 0 saturated heterocycles. The van der Waals surface area contributed by atoms with Crippen molar-refractivity contribution in [1.82, 2.24) is 9.55 Å². The highest BCUT2D eigenvalue weighted by atomic mass is 79.9. The Labute approximate surface area is 143 Å². The van der Waals surface area contributed by atoms with Gasteiger partial charge in [0.25, 0.3) is 0 Å². The molecule has 0 radical (unpaired) electrons. The van der Waals surface area contributed by atoms with Crippen LogP contribution in [0.5, 0.6) is 5.75 Å². The van der Waals surface area contributed by atoms with E-state index < -0.39 is 6.10 Å². The fourth-order valence-electron chi connectivity index (χ4n) is 2.59. The molecule has 1 heterocycles. The van der Waals surface area contributed by atoms with E-state index in [0.29, 0.717) is 6.54 Å². The van der Waals surface area contributed by atoms with Gasteiger partial charge < -0.3 is 14.4 Å². The van der Waals surface area contributed by atoms with E-state index in [1.165, 1.54) is 0 Å². The minimum absolute atomic E-state index is 0.247. The van der Waals surface area contributed by atoms with Crippen LogP contribution in [0.25, 0.3) is 11.0 Å². The summed E-state index contributed by atoms with van der Waals surface area (Å²) in [5, 5.41) is 10.3. The monoisotopic (exact) mass is 374 g/mol. The maximum absolute atomic E-state index is 10.3. The fraction of sp³-hybridized carbons (Fsp3) is 0.278. The molecule has 0 aliphatic heterocycles. The van der Waals surface area contributed by atoms with Gasteiger partial charge in [0.05, 0.1) is 17.6 Å². The van der Waals surface area contributed by atoms with Crippen molar-refractivity contribution < 1.29 is 9.84 Å². The van der Waals surface area contributed by atoms with Gasteiger partial charge in [0.2, 0.25) is 0 Å². The van der Waals surface area contributed by atoms with E-state index in [4.69, 9.17) is 4.74 Å². The first-order valence-electron chi connectivity index (χ1n) is 7.68. The standard InChI is InChI=1S/C18H19BrN2O2/c1-2-18-20-16-5-3-4-6-17(16)21(18)11-14(22)12-23-15-9-7-13(19)8-10-15/h3-10,14,22H,2,11-12H2,1H3. The zero-order chi connectivity index (χ0) is 16.2. The molecule has 3 rings (SSSR count). The summed E-state index contributed by atoms with van der Waals surface area (Å²) >= 11 is 3.39. The summed E-state index contributed by atoms with van der Waals surface area (Å²) in [5.74, 6) is 1.73. The molecule has 1 atom stereocenters. The Morgan fingerprint density at radius 1 is 1.17 bits per heavy atom. The normalized spacial score (nSPS) is 12.5. The molecule has 0 aliphatic carbocycles. The zero-order valence-corrected chi connectivity index (χ0v) is 14.5. The molecule has 4 nitrogen and oxygen atoms in total. The molecular formula is C18H19BrN2O2. The number of fused-ring (bicyclic) bond motifs is 1. The van der Waals surface area contributed by atoms with Gasteiger partial charge in [-0.2, -0.15) is 0 Å². The number of para-hydroxylation sites is 2. The Morgan fingerprint density at radius 3 is 2.65 bits per heavy atom. The van der Waals surface area contributed by atoms with Crippen LogP contribution >= 0.6 is 15.9 Å². The minimum atomic E-state index is -0.596. The number of hydrogen-bond donors (Lipinski definition) is 1. The number of nitrogens with zero attached hydrogens (tertiary/aromatic N) is 2. The van der Waals surface area contributed by atoms with Crippen molar-refractivity contribution >= 4 is 27.0 Å². The number of aromatic nitrogens is 2. The summed E-state index contributed by atoms with van der Waals surface area (Å²) in [6.45, 7) is 2.79. The van der Waals surface area contributed by atoms with Gasteiger partial charge in [-0.05, 0) is 36.4 Å². The third-order valence-corrected chi connectivity index (χ3v) is 4.23. The van der Waals surface area contributed by atoms with Crippen LogP contribution in [0.2, 0.25) is 0 Å². The number of imidazole rings is 1. The van der Waals surface area contributed by atoms with Crippen molar-refractivity contribution in [1.29, 1.82) is 0 Å². The average molecular weight is 375 g/mol. The van der Waals surface area contributed by atoms with Gasteiger partial charge in [-0.15, -0.1) is 0 Å². The second-order valence-electron chi connectivity index (χ2n) is 5.40. The number of aliphatic hydroxyl groups is 1. The third kappa shape index (κ3) is 3.74. The number of rotatable bonds is 6. The third-order valence-electron chi connectivity index (χ3n) is 3.70. The molecule has 0 saturated carbocycles. The highest BCUT2D eigenvalue weighted by Gasteiger charge is 2.13. The van der Waals surface area contributed by atoms with Gasteiger partial charge in [0, 0.05) is 10.9 Å². The van der Waals surface area contributed by atoms with Crippen LogP contribution < -0.4 is 4.74 Å². The van der Waals surface area contributed by atoms with Crippen LogP contribution in [0.1, 0.15) is 12.7 Å². The first-order chi connectivity index (χ1) is 11.2. The summed E-state index contributed by atoms with van der Waals surface area (Å²) in [7, 11) is 0. The highest BCUT2D eigenvalue weighted by Crippen LogP contribution is 2.18. The molecule has 2 aromatic carbocycles. The zero-order valence-electron chi connectivity index (χ0n) is 12.9. The van der Waals surface area contributed by atoms with Gasteiger partial charge in [0.1, 0.15) is 24.3 Å². The van der Waals surface area contributed by atoms with Crippen LogP contribution in [0.3, 0.4) is 0 Å². The lowest BCUT2D eigenvalue weighted by molar-refractivity contribution is 0.0927. The van der Waals surface area contributed by atoms with Crippen molar-refractivity contribution in [3.05, 3.63) is 58.8 Å². The van der Waals surface area contributed by atoms with E-state index in [0.717, 1.165) is 33.5 Å². The molecule has 0 amide bonds. The topological polar surface area (TPSA) is 47.3 Å². The Bertz CT molecular complexity index is 783. The highest BCUT2D eigenvalue weighted by molar-refractivity contribution is 9.10. The second-order valence-corrected chi connectivity index (χ2v) is 6.32. The largest absolute Gasteiger partial charge is 0.491 e. The smallest absolute Gasteiger partial charge is 0.119 e. The van der Waals surface area contributed by atoms with Crippen molar-refractivity contribution in [2.24, 2.45) is 0 Å². The van der Waals surface area contributed by atoms with Crippen molar-refractivity contribution in [3.8, 4) is 5.75 Å². The van der Waals surface area contributed by atoms with Gasteiger partial charge in [-0.1, -0.05) is 35.0 Å². The van der Waals surface area contributed by atoms with E-state index in [9.17, 15) is 5.11 Å². The summed E-state index contributed by atoms with van der Waals surface area (Å²) in [4.78, 5) is 4.62. The van der Waals surface area contributed by atoms with E-state index in [1.807, 2.05) is 48.5 Å². The van der Waals surface area contributed by atoms with Crippen LogP contribution in [0, 0.1) is 0 Å². The van der Waals surface area contributed by atoms with Crippen molar-refractivity contribution in [3.63, 3.8) is 0 Å². The number of aliphatic hydroxyl groups excluding tert-OH is 1. The average Bonchev–Trinajstić information content (AvgIpc) is 2.92. The van der Waals surface area contributed by atoms with Crippen molar-refractivity contribution in [2.75, 3.05) is 6.61 Å². The Morgan fingerprint density at radius 2 is 1.91 bits per heavy atom. The Hall–Kier alpha value is -1.85. The Kier molecular flexibility index (Phi) is 4.98. The first kappa shape index (κ1) is 16.0. The van der Waals surface area contributed by atoms with E-state index in [-0.39, 0.29) is 6.61 Å². The van der Waals surface area contributed by atoms with E-state index in [2.05, 4.69) is 32.4 Å². The molecule has 5 heteroatoms. The van der Waals surface area contributed by atoms with Gasteiger partial charge in [-0.3, -0.25) is 0 Å². The van der Waals surface area contributed by atoms with Crippen LogP contribution in [-0.4, -0.2) is 27.4 Å². The molecule has 3 aromatic rings. The minimum Gasteiger partial charge on any atom is -0.491 e. The lowest BCUT2D eigenvalue weighted by Crippen LogP contribution is -2.24. The molecule has 0 spiro atoms. The van der Waals surface area contributed by atoms with Gasteiger partial charge in [-0.25, -0.2) is 4.98 Å². The number of aryl methyl sites for hydroxylation is 1. The summed E-state index contributed by atoms with van der Waals surface area (Å²) in [5.41, 5.74) is 2.01. The van der Waals surface area contributed by atoms with Crippen LogP contribution in [-0.2, 0) is 13.0 Å². The summed E-state index contributed by atoms with van der Waals surface area (Å²) in [6.07, 6.45) is 0.233. The molecular weight excluding hydrogens is 356 g/mol. The number of halogens is 1. The van der Waals surface area contributed by atoms with Crippen molar-refractivity contribution in [2.45, 2.75) is 26.0 Å². The number of hydrogen-bond acceptors (Lipinski definition) is 3. The van der Waals surface area contributed by atoms with E-state index in [1.54, 1.807) is 0 Å². The molecule has 120 valence electrons. The predicted octanol–water partition coefficient (Wildman–Crippen LogP) is 3.80. The maximum Gasteiger partial charge on any atom is 0.119 e. The molecule has 0 bridgehead atoms. The van der Waals surface area contributed by atoms with Gasteiger partial charge >= 0.3 is 0 Å². The predicted molar refractivity (Wildman–Crippen MR) is 94.8 cm³/mol. The summed E-state index contributed by atoms with van der Waals surface area (Å²) in [6, 6.07) is 15.6. The molecule has 1 unspecified atom stereocenters. The SMILES string of the molecule is CCc1nc2ccccc2n1CC(O)COc1ccc(Br)cc1. The molecule has 1 N–H and O–H groups in total. The molecule has 23 heavy (non-hydrogen) atoms. The van der Waals surface area contributed by atoms with E-state index >= 15 is 0 Å². The molecule has 0 aliphatic rings. The fourth-order valence-corrected chi connectivity index (χ4v) is 2.85. The maximum atomic E-state index is 10.3. The second kappa shape index (κ2) is 7.15. The van der Waals surface area contributed by atoms with Crippen LogP contribution in [0.15, 0.2) is 53.0 Å². The quantitative estimate of drug-likeness (QED) is 0.713. The lowest BCUT2D eigenvalue weighted by Gasteiger charge is -2.15. The number of ether oxygens (including phenoxy) is 1. The number of benzene rings is 2. The summed E-state index contributed by atoms with van der Waals surface area (Å²) < 4.78 is 8.73.